The first-order valence-electron chi connectivity index (χ1n) is 10.5. The maximum Gasteiger partial charge on any atom is 0.416 e. The van der Waals surface area contributed by atoms with Gasteiger partial charge in [-0.15, -0.1) is 10.2 Å². The summed E-state index contributed by atoms with van der Waals surface area (Å²) < 4.78 is 46.5. The topological polar surface area (TPSA) is 59.7 Å². The molecule has 0 bridgehead atoms. The zero-order chi connectivity index (χ0) is 23.0. The van der Waals surface area contributed by atoms with Crippen LogP contribution in [0.3, 0.4) is 0 Å². The summed E-state index contributed by atoms with van der Waals surface area (Å²) in [7, 11) is 0. The molecule has 9 heteroatoms. The van der Waals surface area contributed by atoms with Gasteiger partial charge >= 0.3 is 6.18 Å². The van der Waals surface area contributed by atoms with E-state index in [1.54, 1.807) is 29.2 Å². The number of alkyl halides is 3. The van der Waals surface area contributed by atoms with Crippen molar-refractivity contribution >= 4 is 11.6 Å². The van der Waals surface area contributed by atoms with Gasteiger partial charge in [0.15, 0.2) is 11.5 Å². The molecule has 6 nitrogen and oxygen atoms in total. The van der Waals surface area contributed by atoms with Crippen molar-refractivity contribution in [1.82, 2.24) is 19.5 Å². The van der Waals surface area contributed by atoms with Crippen molar-refractivity contribution in [2.45, 2.75) is 25.1 Å². The van der Waals surface area contributed by atoms with Gasteiger partial charge in [-0.05, 0) is 61.4 Å². The predicted molar refractivity (Wildman–Crippen MR) is 114 cm³/mol. The second-order valence-electron chi connectivity index (χ2n) is 7.80. The van der Waals surface area contributed by atoms with E-state index in [0.29, 0.717) is 23.6 Å². The van der Waals surface area contributed by atoms with Gasteiger partial charge in [0, 0.05) is 18.3 Å². The lowest BCUT2D eigenvalue weighted by Crippen LogP contribution is -2.31. The number of nitrogens with zero attached hydrogens (tertiary/aromatic N) is 4. The second kappa shape index (κ2) is 8.23. The van der Waals surface area contributed by atoms with Crippen molar-refractivity contribution in [2.24, 2.45) is 0 Å². The maximum absolute atomic E-state index is 13.3. The summed E-state index contributed by atoms with van der Waals surface area (Å²) in [4.78, 5) is 15.1. The van der Waals surface area contributed by atoms with Gasteiger partial charge in [-0.2, -0.15) is 13.2 Å². The van der Waals surface area contributed by atoms with Crippen molar-refractivity contribution in [1.29, 1.82) is 0 Å². The zero-order valence-electron chi connectivity index (χ0n) is 17.4. The summed E-state index contributed by atoms with van der Waals surface area (Å²) in [5.41, 5.74) is 0.302. The van der Waals surface area contributed by atoms with E-state index in [0.717, 1.165) is 25.0 Å². The highest BCUT2D eigenvalue weighted by Gasteiger charge is 2.34. The smallest absolute Gasteiger partial charge is 0.416 e. The van der Waals surface area contributed by atoms with E-state index >= 15 is 0 Å². The van der Waals surface area contributed by atoms with Crippen molar-refractivity contribution in [3.05, 3.63) is 89.9 Å². The average Bonchev–Trinajstić information content (AvgIpc) is 3.45. The molecule has 5 rings (SSSR count). The molecule has 2 aromatic heterocycles. The lowest BCUT2D eigenvalue weighted by atomic mass is 10.1. The largest absolute Gasteiger partial charge is 0.457 e. The molecule has 0 radical (unpaired) electrons. The zero-order valence-corrected chi connectivity index (χ0v) is 17.4. The number of hydrogen-bond donors (Lipinski definition) is 0. The molecule has 0 saturated carbocycles. The fraction of sp³-hybridized carbons (Fsp3) is 0.208. The third-order valence-electron chi connectivity index (χ3n) is 5.63. The fourth-order valence-electron chi connectivity index (χ4n) is 4.10. The molecule has 1 fully saturated rings. The van der Waals surface area contributed by atoms with Crippen molar-refractivity contribution in [2.75, 3.05) is 6.54 Å². The molecular weight excluding hydrogens is 433 g/mol. The Morgan fingerprint density at radius 3 is 2.58 bits per heavy atom. The monoisotopic (exact) mass is 452 g/mol. The van der Waals surface area contributed by atoms with Crippen LogP contribution in [0.1, 0.15) is 40.6 Å². The third kappa shape index (κ3) is 4.13. The lowest BCUT2D eigenvalue weighted by molar-refractivity contribution is -0.137. The number of hydrogen-bond acceptors (Lipinski definition) is 4. The van der Waals surface area contributed by atoms with Gasteiger partial charge in [0.2, 0.25) is 0 Å². The summed E-state index contributed by atoms with van der Waals surface area (Å²) >= 11 is 0. The van der Waals surface area contributed by atoms with Crippen LogP contribution in [0.25, 0.3) is 5.65 Å². The van der Waals surface area contributed by atoms with Crippen LogP contribution in [0.5, 0.6) is 11.5 Å². The van der Waals surface area contributed by atoms with Gasteiger partial charge in [-0.25, -0.2) is 0 Å². The number of pyridine rings is 1. The van der Waals surface area contributed by atoms with Gasteiger partial charge in [-0.3, -0.25) is 9.20 Å². The molecule has 168 valence electrons. The normalized spacial score (nSPS) is 16.3. The molecule has 0 aliphatic carbocycles. The molecule has 1 atom stereocenters. The first-order chi connectivity index (χ1) is 15.9. The van der Waals surface area contributed by atoms with E-state index in [2.05, 4.69) is 10.2 Å². The molecule has 0 spiro atoms. The highest BCUT2D eigenvalue weighted by Crippen LogP contribution is 2.34. The minimum absolute atomic E-state index is 0.0448. The number of amides is 1. The second-order valence-corrected chi connectivity index (χ2v) is 7.80. The standard InChI is InChI=1S/C24H19F3N4O2/c25-24(26,27)17-7-4-9-19(15-17)33-18-8-3-6-16(14-18)23(32)30-13-5-10-20(30)22-29-28-21-11-1-2-12-31(21)22/h1-4,6-9,11-12,14-15,20H,5,10,13H2. The van der Waals surface area contributed by atoms with E-state index < -0.39 is 11.7 Å². The van der Waals surface area contributed by atoms with Crippen LogP contribution in [0.2, 0.25) is 0 Å². The van der Waals surface area contributed by atoms with E-state index in [1.165, 1.54) is 12.1 Å². The lowest BCUT2D eigenvalue weighted by Gasteiger charge is -2.23. The molecule has 1 amide bonds. The minimum Gasteiger partial charge on any atom is -0.457 e. The predicted octanol–water partition coefficient (Wildman–Crippen LogP) is 5.52. The molecule has 33 heavy (non-hydrogen) atoms. The van der Waals surface area contributed by atoms with Crippen molar-refractivity contribution in [3.8, 4) is 11.5 Å². The fourth-order valence-corrected chi connectivity index (χ4v) is 4.10. The number of fused-ring (bicyclic) bond motifs is 1. The van der Waals surface area contributed by atoms with Crippen LogP contribution >= 0.6 is 0 Å². The van der Waals surface area contributed by atoms with E-state index in [4.69, 9.17) is 4.74 Å². The first-order valence-corrected chi connectivity index (χ1v) is 10.5. The SMILES string of the molecule is O=C(c1cccc(Oc2cccc(C(F)(F)F)c2)c1)N1CCCC1c1nnc2ccccn12. The Labute approximate surface area is 187 Å². The first kappa shape index (κ1) is 21.0. The molecule has 0 N–H and O–H groups in total. The third-order valence-corrected chi connectivity index (χ3v) is 5.63. The summed E-state index contributed by atoms with van der Waals surface area (Å²) in [6, 6.07) is 16.5. The van der Waals surface area contributed by atoms with Gasteiger partial charge in [0.1, 0.15) is 11.5 Å². The summed E-state index contributed by atoms with van der Waals surface area (Å²) in [6.45, 7) is 0.573. The summed E-state index contributed by atoms with van der Waals surface area (Å²) in [6.07, 6.45) is -0.997. The van der Waals surface area contributed by atoms with E-state index in [-0.39, 0.29) is 23.4 Å². The van der Waals surface area contributed by atoms with Gasteiger partial charge < -0.3 is 9.64 Å². The number of likely N-dealkylation sites (tertiary alicyclic amines) is 1. The van der Waals surface area contributed by atoms with Gasteiger partial charge in [-0.1, -0.05) is 18.2 Å². The molecule has 2 aromatic carbocycles. The van der Waals surface area contributed by atoms with Gasteiger partial charge in [0.25, 0.3) is 5.91 Å². The molecule has 1 unspecified atom stereocenters. The number of benzene rings is 2. The van der Waals surface area contributed by atoms with Crippen molar-refractivity contribution in [3.63, 3.8) is 0 Å². The number of halogens is 3. The van der Waals surface area contributed by atoms with E-state index in [1.807, 2.05) is 28.8 Å². The summed E-state index contributed by atoms with van der Waals surface area (Å²) in [5.74, 6) is 0.833. The Kier molecular flexibility index (Phi) is 5.24. The number of carbonyl (C=O) groups excluding carboxylic acids is 1. The molecule has 3 heterocycles. The Hall–Kier alpha value is -3.88. The molecule has 1 aliphatic heterocycles. The molecule has 1 aliphatic rings. The number of carbonyl (C=O) groups is 1. The van der Waals surface area contributed by atoms with E-state index in [9.17, 15) is 18.0 Å². The Balaban J connectivity index is 1.39. The number of aromatic nitrogens is 3. The highest BCUT2D eigenvalue weighted by molar-refractivity contribution is 5.95. The Bertz CT molecular complexity index is 1320. The highest BCUT2D eigenvalue weighted by atomic mass is 19.4. The van der Waals surface area contributed by atoms with Crippen LogP contribution in [0, 0.1) is 0 Å². The number of ether oxygens (including phenoxy) is 1. The van der Waals surface area contributed by atoms with Crippen LogP contribution in [0.15, 0.2) is 72.9 Å². The maximum atomic E-state index is 13.3. The Morgan fingerprint density at radius 2 is 1.76 bits per heavy atom. The average molecular weight is 452 g/mol. The van der Waals surface area contributed by atoms with Crippen LogP contribution in [-0.2, 0) is 6.18 Å². The van der Waals surface area contributed by atoms with Crippen LogP contribution in [-0.4, -0.2) is 31.9 Å². The molecule has 1 saturated heterocycles. The minimum atomic E-state index is -4.46. The molecular formula is C24H19F3N4O2. The number of rotatable bonds is 4. The van der Waals surface area contributed by atoms with Crippen molar-refractivity contribution < 1.29 is 22.7 Å². The summed E-state index contributed by atoms with van der Waals surface area (Å²) in [5, 5.41) is 8.50. The molecule has 4 aromatic rings. The van der Waals surface area contributed by atoms with Crippen LogP contribution < -0.4 is 4.74 Å². The van der Waals surface area contributed by atoms with Crippen LogP contribution in [0.4, 0.5) is 13.2 Å². The quantitative estimate of drug-likeness (QED) is 0.409. The van der Waals surface area contributed by atoms with Gasteiger partial charge in [0.05, 0.1) is 11.6 Å². The Morgan fingerprint density at radius 1 is 0.970 bits per heavy atom.